The molecule has 26 heavy (non-hydrogen) atoms. The molecule has 0 bridgehead atoms. The largest absolute Gasteiger partial charge is 0.539 e. The van der Waals surface area contributed by atoms with Gasteiger partial charge in [0, 0.05) is 17.8 Å². The summed E-state index contributed by atoms with van der Waals surface area (Å²) in [6.45, 7) is 6.11. The minimum absolute atomic E-state index is 0.403. The van der Waals surface area contributed by atoms with Crippen LogP contribution in [0.25, 0.3) is 22.6 Å². The van der Waals surface area contributed by atoms with Crippen molar-refractivity contribution in [3.05, 3.63) is 71.5 Å². The van der Waals surface area contributed by atoms with Gasteiger partial charge in [0.1, 0.15) is 0 Å². The molecule has 0 spiro atoms. The van der Waals surface area contributed by atoms with Gasteiger partial charge in [-0.1, -0.05) is 18.2 Å². The van der Waals surface area contributed by atoms with Crippen molar-refractivity contribution in [2.45, 2.75) is 20.8 Å². The third-order valence-electron chi connectivity index (χ3n) is 4.65. The summed E-state index contributed by atoms with van der Waals surface area (Å²) in [5.41, 5.74) is 6.17. The highest BCUT2D eigenvalue weighted by Gasteiger charge is 2.22. The van der Waals surface area contributed by atoms with Crippen molar-refractivity contribution >= 4 is 0 Å². The van der Waals surface area contributed by atoms with Crippen LogP contribution in [-0.2, 0) is 0 Å². The molecule has 0 unspecified atom stereocenters. The van der Waals surface area contributed by atoms with Crippen LogP contribution in [0.5, 0.6) is 5.95 Å². The Labute approximate surface area is 150 Å². The van der Waals surface area contributed by atoms with E-state index in [9.17, 15) is 5.11 Å². The second-order valence-corrected chi connectivity index (χ2v) is 6.21. The Hall–Kier alpha value is -3.41. The second kappa shape index (κ2) is 6.15. The zero-order valence-corrected chi connectivity index (χ0v) is 14.8. The molecule has 2 heterocycles. The Bertz CT molecular complexity index is 1060. The summed E-state index contributed by atoms with van der Waals surface area (Å²) in [4.78, 5) is 0. The van der Waals surface area contributed by atoms with E-state index in [1.807, 2.05) is 73.1 Å². The first-order valence-electron chi connectivity index (χ1n) is 8.34. The van der Waals surface area contributed by atoms with E-state index in [4.69, 9.17) is 4.52 Å². The van der Waals surface area contributed by atoms with Crippen LogP contribution >= 0.6 is 0 Å². The molecule has 0 atom stereocenters. The number of hydrogen-bond acceptors (Lipinski definition) is 4. The fourth-order valence-electron chi connectivity index (χ4n) is 2.97. The SMILES string of the molecule is Cc1nn(-c2ccc(-[n+]3noc([O-])c3-c3ccccc3)cc2)c(C)c1C. The summed E-state index contributed by atoms with van der Waals surface area (Å²) >= 11 is 0. The average Bonchev–Trinajstić information content (AvgIpc) is 3.18. The van der Waals surface area contributed by atoms with E-state index in [-0.39, 0.29) is 0 Å². The maximum atomic E-state index is 12.1. The Morgan fingerprint density at radius 2 is 1.65 bits per heavy atom. The van der Waals surface area contributed by atoms with Crippen molar-refractivity contribution in [1.29, 1.82) is 0 Å². The molecule has 0 amide bonds. The molecule has 6 heteroatoms. The van der Waals surface area contributed by atoms with Crippen LogP contribution in [0.3, 0.4) is 0 Å². The second-order valence-electron chi connectivity index (χ2n) is 6.21. The molecule has 0 saturated carbocycles. The van der Waals surface area contributed by atoms with Gasteiger partial charge in [-0.05, 0) is 55.3 Å². The summed E-state index contributed by atoms with van der Waals surface area (Å²) in [5.74, 6) is -0.463. The van der Waals surface area contributed by atoms with Gasteiger partial charge < -0.3 is 9.63 Å². The zero-order valence-electron chi connectivity index (χ0n) is 14.8. The molecule has 4 rings (SSSR count). The van der Waals surface area contributed by atoms with Gasteiger partial charge in [-0.3, -0.25) is 0 Å². The summed E-state index contributed by atoms with van der Waals surface area (Å²) in [7, 11) is 0. The van der Waals surface area contributed by atoms with Crippen LogP contribution in [-0.4, -0.2) is 15.1 Å². The Balaban J connectivity index is 1.76. The summed E-state index contributed by atoms with van der Waals surface area (Å²) < 4.78 is 8.33. The first-order valence-corrected chi connectivity index (χ1v) is 8.34. The lowest BCUT2D eigenvalue weighted by Gasteiger charge is -2.04. The van der Waals surface area contributed by atoms with Gasteiger partial charge in [0.25, 0.3) is 5.69 Å². The number of benzene rings is 2. The van der Waals surface area contributed by atoms with E-state index < -0.39 is 5.95 Å². The maximum Gasteiger partial charge on any atom is 0.270 e. The number of aryl methyl sites for hydroxylation is 1. The third-order valence-corrected chi connectivity index (χ3v) is 4.65. The molecule has 0 aliphatic heterocycles. The first-order chi connectivity index (χ1) is 12.6. The minimum Gasteiger partial charge on any atom is -0.539 e. The molecule has 4 aromatic rings. The lowest BCUT2D eigenvalue weighted by atomic mass is 10.1. The molecule has 0 aliphatic rings. The Morgan fingerprint density at radius 3 is 2.27 bits per heavy atom. The van der Waals surface area contributed by atoms with Gasteiger partial charge >= 0.3 is 0 Å². The number of aromatic nitrogens is 4. The molecule has 0 saturated heterocycles. The summed E-state index contributed by atoms with van der Waals surface area (Å²) in [5, 5.41) is 20.6. The van der Waals surface area contributed by atoms with E-state index in [0.717, 1.165) is 28.3 Å². The Kier molecular flexibility index (Phi) is 3.80. The summed E-state index contributed by atoms with van der Waals surface area (Å²) in [6.07, 6.45) is 0. The van der Waals surface area contributed by atoms with Crippen molar-refractivity contribution in [2.24, 2.45) is 0 Å². The predicted octanol–water partition coefficient (Wildman–Crippen LogP) is 2.80. The van der Waals surface area contributed by atoms with E-state index in [0.29, 0.717) is 5.69 Å². The first kappa shape index (κ1) is 16.1. The highest BCUT2D eigenvalue weighted by molar-refractivity contribution is 5.60. The number of nitrogens with zero attached hydrogens (tertiary/aromatic N) is 4. The fourth-order valence-corrected chi connectivity index (χ4v) is 2.97. The topological polar surface area (TPSA) is 70.8 Å². The molecule has 0 aliphatic carbocycles. The van der Waals surface area contributed by atoms with Gasteiger partial charge in [0.15, 0.2) is 5.95 Å². The van der Waals surface area contributed by atoms with E-state index in [2.05, 4.69) is 17.3 Å². The lowest BCUT2D eigenvalue weighted by Crippen LogP contribution is -2.34. The number of hydrogen-bond donors (Lipinski definition) is 0. The molecule has 0 radical (unpaired) electrons. The van der Waals surface area contributed by atoms with Crippen molar-refractivity contribution in [2.75, 3.05) is 0 Å². The maximum absolute atomic E-state index is 12.1. The van der Waals surface area contributed by atoms with Gasteiger partial charge in [-0.2, -0.15) is 5.10 Å². The van der Waals surface area contributed by atoms with Crippen molar-refractivity contribution in [1.82, 2.24) is 15.1 Å². The predicted molar refractivity (Wildman–Crippen MR) is 94.3 cm³/mol. The van der Waals surface area contributed by atoms with E-state index in [1.165, 1.54) is 10.2 Å². The van der Waals surface area contributed by atoms with Crippen LogP contribution in [0, 0.1) is 20.8 Å². The van der Waals surface area contributed by atoms with Crippen LogP contribution in [0.4, 0.5) is 0 Å². The smallest absolute Gasteiger partial charge is 0.270 e. The van der Waals surface area contributed by atoms with Crippen molar-refractivity contribution in [3.63, 3.8) is 0 Å². The van der Waals surface area contributed by atoms with Crippen LogP contribution < -0.4 is 9.79 Å². The van der Waals surface area contributed by atoms with Crippen molar-refractivity contribution in [3.8, 4) is 28.6 Å². The van der Waals surface area contributed by atoms with Crippen LogP contribution in [0.2, 0.25) is 0 Å². The van der Waals surface area contributed by atoms with E-state index in [1.54, 1.807) is 0 Å². The van der Waals surface area contributed by atoms with Gasteiger partial charge in [0.05, 0.1) is 22.2 Å². The minimum atomic E-state index is -0.463. The lowest BCUT2D eigenvalue weighted by molar-refractivity contribution is -0.660. The molecule has 6 nitrogen and oxygen atoms in total. The van der Waals surface area contributed by atoms with E-state index >= 15 is 0 Å². The molecule has 0 fully saturated rings. The normalized spacial score (nSPS) is 11.0. The molecule has 2 aromatic carbocycles. The Morgan fingerprint density at radius 1 is 0.962 bits per heavy atom. The number of rotatable bonds is 3. The quantitative estimate of drug-likeness (QED) is 0.535. The highest BCUT2D eigenvalue weighted by atomic mass is 16.6. The molecule has 2 aromatic heterocycles. The van der Waals surface area contributed by atoms with Crippen molar-refractivity contribution < 1.29 is 14.3 Å². The van der Waals surface area contributed by atoms with Crippen LogP contribution in [0.1, 0.15) is 17.0 Å². The van der Waals surface area contributed by atoms with Gasteiger partial charge in [-0.25, -0.2) is 4.68 Å². The molecule has 130 valence electrons. The highest BCUT2D eigenvalue weighted by Crippen LogP contribution is 2.24. The standard InChI is InChI=1S/C20H18N4O2/c1-13-14(2)21-23(15(13)3)17-9-11-18(12-10-17)24-19(20(25)26-22-24)16-7-5-4-6-8-16/h4-12H,1-3H3. The fraction of sp³-hybridized carbons (Fsp3) is 0.150. The zero-order chi connectivity index (χ0) is 18.3. The van der Waals surface area contributed by atoms with Gasteiger partial charge in [0.2, 0.25) is 5.69 Å². The molecular formula is C20H18N4O2. The summed E-state index contributed by atoms with van der Waals surface area (Å²) in [6, 6.07) is 17.1. The molecule has 0 N–H and O–H groups in total. The van der Waals surface area contributed by atoms with Gasteiger partial charge in [-0.15, -0.1) is 0 Å². The van der Waals surface area contributed by atoms with Crippen LogP contribution in [0.15, 0.2) is 59.1 Å². The average molecular weight is 346 g/mol. The molecular weight excluding hydrogens is 328 g/mol. The third kappa shape index (κ3) is 2.56. The monoisotopic (exact) mass is 346 g/mol.